The largest absolute Gasteiger partial charge is 0.445 e. The average Bonchev–Trinajstić information content (AvgIpc) is 2.59. The van der Waals surface area contributed by atoms with Gasteiger partial charge in [-0.3, -0.25) is 14.7 Å². The first kappa shape index (κ1) is 17.2. The van der Waals surface area contributed by atoms with Crippen molar-refractivity contribution in [3.05, 3.63) is 59.1 Å². The molecule has 2 amide bonds. The van der Waals surface area contributed by atoms with Gasteiger partial charge in [0.05, 0.1) is 12.2 Å². The molecule has 1 unspecified atom stereocenters. The Balaban J connectivity index is 1.48. The predicted molar refractivity (Wildman–Crippen MR) is 90.6 cm³/mol. The molecule has 0 aliphatic carbocycles. The molecule has 1 aliphatic rings. The van der Waals surface area contributed by atoms with E-state index in [2.05, 4.69) is 15.3 Å². The molecule has 0 saturated carbocycles. The van der Waals surface area contributed by atoms with E-state index in [4.69, 9.17) is 16.3 Å². The van der Waals surface area contributed by atoms with Gasteiger partial charge in [0.15, 0.2) is 5.15 Å². The van der Waals surface area contributed by atoms with Crippen molar-refractivity contribution in [1.82, 2.24) is 20.2 Å². The first-order valence-corrected chi connectivity index (χ1v) is 8.23. The third-order valence-corrected chi connectivity index (χ3v) is 4.23. The Kier molecular flexibility index (Phi) is 5.45. The predicted octanol–water partition coefficient (Wildman–Crippen LogP) is 2.16. The SMILES string of the molecule is O=C(NCc1nccnc1Cl)C1CCN1C(=O)OCc1ccccc1. The summed E-state index contributed by atoms with van der Waals surface area (Å²) in [5.74, 6) is -0.260. The molecular formula is C17H17ClN4O3. The van der Waals surface area contributed by atoms with Gasteiger partial charge in [-0.1, -0.05) is 41.9 Å². The van der Waals surface area contributed by atoms with Crippen LogP contribution in [0.2, 0.25) is 5.15 Å². The highest BCUT2D eigenvalue weighted by molar-refractivity contribution is 6.29. The van der Waals surface area contributed by atoms with Crippen molar-refractivity contribution < 1.29 is 14.3 Å². The van der Waals surface area contributed by atoms with Crippen LogP contribution in [0.25, 0.3) is 0 Å². The van der Waals surface area contributed by atoms with Crippen LogP contribution in [-0.4, -0.2) is 39.5 Å². The number of likely N-dealkylation sites (tertiary alicyclic amines) is 1. The summed E-state index contributed by atoms with van der Waals surface area (Å²) in [7, 11) is 0. The number of benzene rings is 1. The van der Waals surface area contributed by atoms with Crippen molar-refractivity contribution in [3.8, 4) is 0 Å². The maximum Gasteiger partial charge on any atom is 0.410 e. The lowest BCUT2D eigenvalue weighted by Gasteiger charge is -2.38. The highest BCUT2D eigenvalue weighted by Crippen LogP contribution is 2.19. The zero-order chi connectivity index (χ0) is 17.6. The van der Waals surface area contributed by atoms with Crippen molar-refractivity contribution in [2.24, 2.45) is 0 Å². The molecule has 2 heterocycles. The number of hydrogen-bond donors (Lipinski definition) is 1. The molecule has 3 rings (SSSR count). The Morgan fingerprint density at radius 2 is 2.00 bits per heavy atom. The van der Waals surface area contributed by atoms with Gasteiger partial charge >= 0.3 is 6.09 Å². The topological polar surface area (TPSA) is 84.4 Å². The summed E-state index contributed by atoms with van der Waals surface area (Å²) < 4.78 is 5.26. The lowest BCUT2D eigenvalue weighted by atomic mass is 10.0. The van der Waals surface area contributed by atoms with Gasteiger partial charge in [-0.2, -0.15) is 0 Å². The summed E-state index contributed by atoms with van der Waals surface area (Å²) in [4.78, 5) is 33.7. The standard InChI is InChI=1S/C17H17ClN4O3/c18-15-13(19-7-8-20-15)10-21-16(23)14-6-9-22(14)17(24)25-11-12-4-2-1-3-5-12/h1-5,7-8,14H,6,9-11H2,(H,21,23). The minimum Gasteiger partial charge on any atom is -0.445 e. The van der Waals surface area contributed by atoms with Crippen LogP contribution in [0.15, 0.2) is 42.7 Å². The van der Waals surface area contributed by atoms with E-state index in [-0.39, 0.29) is 24.2 Å². The van der Waals surface area contributed by atoms with E-state index in [9.17, 15) is 9.59 Å². The first-order chi connectivity index (χ1) is 12.1. The summed E-state index contributed by atoms with van der Waals surface area (Å²) in [5.41, 5.74) is 1.38. The maximum atomic E-state index is 12.2. The number of nitrogens with zero attached hydrogens (tertiary/aromatic N) is 3. The molecule has 0 spiro atoms. The smallest absolute Gasteiger partial charge is 0.410 e. The average molecular weight is 361 g/mol. The van der Waals surface area contributed by atoms with Crippen LogP contribution in [0.1, 0.15) is 17.7 Å². The fourth-order valence-electron chi connectivity index (χ4n) is 2.44. The lowest BCUT2D eigenvalue weighted by Crippen LogP contribution is -2.58. The summed E-state index contributed by atoms with van der Waals surface area (Å²) in [6.45, 7) is 0.840. The number of nitrogens with one attached hydrogen (secondary N) is 1. The van der Waals surface area contributed by atoms with Gasteiger partial charge in [0.2, 0.25) is 5.91 Å². The Bertz CT molecular complexity index is 757. The number of carbonyl (C=O) groups excluding carboxylic acids is 2. The van der Waals surface area contributed by atoms with Crippen molar-refractivity contribution in [2.75, 3.05) is 6.54 Å². The third kappa shape index (κ3) is 4.24. The normalized spacial score (nSPS) is 16.0. The van der Waals surface area contributed by atoms with Crippen molar-refractivity contribution in [2.45, 2.75) is 25.6 Å². The number of halogens is 1. The molecule has 0 bridgehead atoms. The molecule has 7 nitrogen and oxygen atoms in total. The van der Waals surface area contributed by atoms with Gasteiger partial charge in [0, 0.05) is 18.9 Å². The Morgan fingerprint density at radius 3 is 2.68 bits per heavy atom. The number of carbonyl (C=O) groups is 2. The van der Waals surface area contributed by atoms with Crippen LogP contribution in [0.3, 0.4) is 0 Å². The van der Waals surface area contributed by atoms with Crippen molar-refractivity contribution in [3.63, 3.8) is 0 Å². The van der Waals surface area contributed by atoms with Crippen molar-refractivity contribution in [1.29, 1.82) is 0 Å². The van der Waals surface area contributed by atoms with Crippen LogP contribution in [0, 0.1) is 0 Å². The minimum absolute atomic E-state index is 0.162. The van der Waals surface area contributed by atoms with Gasteiger partial charge in [0.1, 0.15) is 12.6 Å². The number of hydrogen-bond acceptors (Lipinski definition) is 5. The summed E-state index contributed by atoms with van der Waals surface area (Å²) >= 11 is 5.90. The molecule has 25 heavy (non-hydrogen) atoms. The van der Waals surface area contributed by atoms with E-state index in [1.165, 1.54) is 17.3 Å². The molecule has 1 fully saturated rings. The summed E-state index contributed by atoms with van der Waals surface area (Å²) in [6.07, 6.45) is 3.09. The highest BCUT2D eigenvalue weighted by atomic mass is 35.5. The summed E-state index contributed by atoms with van der Waals surface area (Å²) in [6, 6.07) is 8.86. The molecule has 0 radical (unpaired) electrons. The fourth-order valence-corrected chi connectivity index (χ4v) is 2.61. The first-order valence-electron chi connectivity index (χ1n) is 7.85. The monoisotopic (exact) mass is 360 g/mol. The van der Waals surface area contributed by atoms with Crippen LogP contribution in [0.4, 0.5) is 4.79 Å². The molecule has 130 valence electrons. The second kappa shape index (κ2) is 7.94. The number of ether oxygens (including phenoxy) is 1. The van der Waals surface area contributed by atoms with E-state index in [1.807, 2.05) is 30.3 Å². The number of rotatable bonds is 5. The second-order valence-corrected chi connectivity index (χ2v) is 5.91. The van der Waals surface area contributed by atoms with E-state index >= 15 is 0 Å². The molecule has 2 aromatic rings. The third-order valence-electron chi connectivity index (χ3n) is 3.92. The molecule has 1 aliphatic heterocycles. The maximum absolute atomic E-state index is 12.2. The van der Waals surface area contributed by atoms with Gasteiger partial charge < -0.3 is 10.1 Å². The molecule has 1 N–H and O–H groups in total. The number of amides is 2. The Labute approximate surface area is 150 Å². The molecule has 8 heteroatoms. The zero-order valence-electron chi connectivity index (χ0n) is 13.4. The minimum atomic E-state index is -0.529. The molecular weight excluding hydrogens is 344 g/mol. The van der Waals surface area contributed by atoms with Crippen LogP contribution < -0.4 is 5.32 Å². The van der Waals surface area contributed by atoms with E-state index in [0.717, 1.165) is 5.56 Å². The van der Waals surface area contributed by atoms with Crippen LogP contribution in [0.5, 0.6) is 0 Å². The molecule has 1 saturated heterocycles. The van der Waals surface area contributed by atoms with E-state index in [0.29, 0.717) is 18.7 Å². The quantitative estimate of drug-likeness (QED) is 0.883. The lowest BCUT2D eigenvalue weighted by molar-refractivity contribution is -0.130. The Morgan fingerprint density at radius 1 is 1.24 bits per heavy atom. The molecule has 1 aromatic carbocycles. The highest BCUT2D eigenvalue weighted by Gasteiger charge is 2.38. The van der Waals surface area contributed by atoms with E-state index in [1.54, 1.807) is 0 Å². The van der Waals surface area contributed by atoms with Gasteiger partial charge in [-0.25, -0.2) is 9.78 Å². The second-order valence-electron chi connectivity index (χ2n) is 5.55. The number of aromatic nitrogens is 2. The van der Waals surface area contributed by atoms with Crippen LogP contribution >= 0.6 is 11.6 Å². The summed E-state index contributed by atoms with van der Waals surface area (Å²) in [5, 5.41) is 2.97. The Hall–Kier alpha value is -2.67. The van der Waals surface area contributed by atoms with Gasteiger partial charge in [-0.05, 0) is 12.0 Å². The van der Waals surface area contributed by atoms with Crippen LogP contribution in [-0.2, 0) is 22.7 Å². The van der Waals surface area contributed by atoms with Crippen molar-refractivity contribution >= 4 is 23.6 Å². The zero-order valence-corrected chi connectivity index (χ0v) is 14.1. The van der Waals surface area contributed by atoms with E-state index < -0.39 is 12.1 Å². The van der Waals surface area contributed by atoms with Gasteiger partial charge in [-0.15, -0.1) is 0 Å². The van der Waals surface area contributed by atoms with Gasteiger partial charge in [0.25, 0.3) is 0 Å². The fraction of sp³-hybridized carbons (Fsp3) is 0.294. The molecule has 1 atom stereocenters. The molecule has 1 aromatic heterocycles.